The van der Waals surface area contributed by atoms with Crippen molar-refractivity contribution in [1.29, 1.82) is 0 Å². The standard InChI is InChI=1S/C46H28N4S/c1-3-13-29(14-4-1)46-47-36(30-23-24-33-32-17-9-12-22-41(32)51-42(33)27-30)28-43(48-46)50-38-21-11-8-19-35(38)45-40(50)26-25-39-44(45)34-18-7-10-20-37(34)49(39)31-15-5-2-6-16-31/h1-28H. The molecule has 238 valence electrons. The monoisotopic (exact) mass is 668 g/mol. The van der Waals surface area contributed by atoms with Crippen LogP contribution in [0.15, 0.2) is 170 Å². The zero-order valence-electron chi connectivity index (χ0n) is 27.4. The smallest absolute Gasteiger partial charge is 0.162 e. The Hall–Kier alpha value is -6.56. The molecule has 0 atom stereocenters. The fourth-order valence-electron chi connectivity index (χ4n) is 7.92. The zero-order chi connectivity index (χ0) is 33.5. The van der Waals surface area contributed by atoms with Crippen molar-refractivity contribution >= 4 is 75.1 Å². The number of fused-ring (bicyclic) bond motifs is 10. The lowest BCUT2D eigenvalue weighted by atomic mass is 10.1. The minimum atomic E-state index is 0.701. The van der Waals surface area contributed by atoms with E-state index in [-0.39, 0.29) is 0 Å². The average Bonchev–Trinajstić information content (AvgIpc) is 3.85. The fourth-order valence-corrected chi connectivity index (χ4v) is 9.06. The molecule has 7 aromatic carbocycles. The van der Waals surface area contributed by atoms with Crippen molar-refractivity contribution in [3.05, 3.63) is 170 Å². The topological polar surface area (TPSA) is 35.6 Å². The van der Waals surface area contributed by atoms with Crippen LogP contribution < -0.4 is 0 Å². The molecule has 11 aromatic rings. The van der Waals surface area contributed by atoms with Crippen LogP contribution in [0, 0.1) is 0 Å². The van der Waals surface area contributed by atoms with Crippen LogP contribution in [0.4, 0.5) is 0 Å². The summed E-state index contributed by atoms with van der Waals surface area (Å²) in [6.45, 7) is 0. The lowest BCUT2D eigenvalue weighted by Gasteiger charge is -2.12. The van der Waals surface area contributed by atoms with Crippen LogP contribution in [0.3, 0.4) is 0 Å². The van der Waals surface area contributed by atoms with Crippen molar-refractivity contribution in [2.75, 3.05) is 0 Å². The van der Waals surface area contributed by atoms with Gasteiger partial charge in [-0.3, -0.25) is 4.57 Å². The molecule has 0 bridgehead atoms. The van der Waals surface area contributed by atoms with Crippen LogP contribution in [0.1, 0.15) is 0 Å². The van der Waals surface area contributed by atoms with Crippen molar-refractivity contribution in [3.8, 4) is 34.2 Å². The summed E-state index contributed by atoms with van der Waals surface area (Å²) < 4.78 is 7.26. The molecule has 0 spiro atoms. The molecular weight excluding hydrogens is 641 g/mol. The van der Waals surface area contributed by atoms with Crippen LogP contribution in [0.5, 0.6) is 0 Å². The molecule has 0 radical (unpaired) electrons. The van der Waals surface area contributed by atoms with Gasteiger partial charge in [0.2, 0.25) is 0 Å². The fraction of sp³-hybridized carbons (Fsp3) is 0. The first-order valence-corrected chi connectivity index (χ1v) is 18.0. The Morgan fingerprint density at radius 1 is 0.392 bits per heavy atom. The van der Waals surface area contributed by atoms with E-state index in [1.54, 1.807) is 0 Å². The third-order valence-corrected chi connectivity index (χ3v) is 11.3. The van der Waals surface area contributed by atoms with E-state index in [1.807, 2.05) is 29.5 Å². The number of rotatable bonds is 4. The molecule has 0 N–H and O–H groups in total. The molecule has 0 fully saturated rings. The Balaban J connectivity index is 1.22. The molecule has 4 aromatic heterocycles. The van der Waals surface area contributed by atoms with Crippen molar-refractivity contribution in [2.24, 2.45) is 0 Å². The molecule has 0 unspecified atom stereocenters. The van der Waals surface area contributed by atoms with E-state index in [1.165, 1.54) is 52.8 Å². The highest BCUT2D eigenvalue weighted by molar-refractivity contribution is 7.25. The van der Waals surface area contributed by atoms with Gasteiger partial charge in [0.25, 0.3) is 0 Å². The van der Waals surface area contributed by atoms with Crippen molar-refractivity contribution in [3.63, 3.8) is 0 Å². The van der Waals surface area contributed by atoms with Crippen molar-refractivity contribution in [1.82, 2.24) is 19.1 Å². The third kappa shape index (κ3) is 4.25. The van der Waals surface area contributed by atoms with E-state index in [4.69, 9.17) is 9.97 Å². The van der Waals surface area contributed by atoms with E-state index in [0.29, 0.717) is 5.82 Å². The third-order valence-electron chi connectivity index (χ3n) is 10.1. The van der Waals surface area contributed by atoms with Gasteiger partial charge in [0.1, 0.15) is 5.82 Å². The summed E-state index contributed by atoms with van der Waals surface area (Å²) in [4.78, 5) is 10.5. The normalized spacial score (nSPS) is 11.9. The summed E-state index contributed by atoms with van der Waals surface area (Å²) >= 11 is 1.83. The predicted octanol–water partition coefficient (Wildman–Crippen LogP) is 12.4. The maximum Gasteiger partial charge on any atom is 0.162 e. The SMILES string of the molecule is c1ccc(-c2nc(-c3ccc4c(c3)sc3ccccc34)cc(-n3c4ccccc4c4c5c6ccccc6n(-c6ccccc6)c5ccc43)n2)cc1. The van der Waals surface area contributed by atoms with Crippen LogP contribution >= 0.6 is 11.3 Å². The Morgan fingerprint density at radius 3 is 1.73 bits per heavy atom. The first-order valence-electron chi connectivity index (χ1n) is 17.2. The van der Waals surface area contributed by atoms with Gasteiger partial charge in [-0.05, 0) is 48.5 Å². The summed E-state index contributed by atoms with van der Waals surface area (Å²) in [6, 6.07) is 60.5. The highest BCUT2D eigenvalue weighted by atomic mass is 32.1. The molecule has 5 heteroatoms. The lowest BCUT2D eigenvalue weighted by Crippen LogP contribution is -2.02. The predicted molar refractivity (Wildman–Crippen MR) is 214 cm³/mol. The van der Waals surface area contributed by atoms with Crippen LogP contribution in [-0.4, -0.2) is 19.1 Å². The zero-order valence-corrected chi connectivity index (χ0v) is 28.2. The van der Waals surface area contributed by atoms with Crippen LogP contribution in [0.25, 0.3) is 97.9 Å². The maximum atomic E-state index is 5.31. The van der Waals surface area contributed by atoms with Gasteiger partial charge in [-0.1, -0.05) is 115 Å². The Bertz CT molecular complexity index is 3130. The van der Waals surface area contributed by atoms with Crippen LogP contribution in [0.2, 0.25) is 0 Å². The minimum Gasteiger partial charge on any atom is -0.309 e. The van der Waals surface area contributed by atoms with Gasteiger partial charge >= 0.3 is 0 Å². The van der Waals surface area contributed by atoms with E-state index in [9.17, 15) is 0 Å². The molecule has 0 aliphatic heterocycles. The Morgan fingerprint density at radius 2 is 0.980 bits per heavy atom. The Labute approximate surface area is 297 Å². The summed E-state index contributed by atoms with van der Waals surface area (Å²) in [6.07, 6.45) is 0. The average molecular weight is 669 g/mol. The number of hydrogen-bond donors (Lipinski definition) is 0. The van der Waals surface area contributed by atoms with Gasteiger partial charge in [-0.25, -0.2) is 9.97 Å². The number of thiophene rings is 1. The highest BCUT2D eigenvalue weighted by Gasteiger charge is 2.22. The highest BCUT2D eigenvalue weighted by Crippen LogP contribution is 2.43. The summed E-state index contributed by atoms with van der Waals surface area (Å²) in [5.74, 6) is 1.54. The molecule has 4 nitrogen and oxygen atoms in total. The number of nitrogens with zero attached hydrogens (tertiary/aromatic N) is 4. The van der Waals surface area contributed by atoms with E-state index < -0.39 is 0 Å². The number of benzene rings is 7. The molecule has 0 aliphatic rings. The van der Waals surface area contributed by atoms with Crippen molar-refractivity contribution in [2.45, 2.75) is 0 Å². The van der Waals surface area contributed by atoms with Gasteiger partial charge in [0.15, 0.2) is 5.82 Å². The molecule has 4 heterocycles. The largest absolute Gasteiger partial charge is 0.309 e. The number of aromatic nitrogens is 4. The second kappa shape index (κ2) is 11.0. The first kappa shape index (κ1) is 28.3. The quantitative estimate of drug-likeness (QED) is 0.187. The molecule has 0 aliphatic carbocycles. The van der Waals surface area contributed by atoms with Gasteiger partial charge in [0.05, 0.1) is 27.8 Å². The van der Waals surface area contributed by atoms with Gasteiger partial charge in [-0.2, -0.15) is 0 Å². The summed E-state index contributed by atoms with van der Waals surface area (Å²) in [7, 11) is 0. The van der Waals surface area contributed by atoms with Gasteiger partial charge in [0, 0.05) is 64.6 Å². The first-order chi connectivity index (χ1) is 25.3. The van der Waals surface area contributed by atoms with E-state index in [2.05, 4.69) is 161 Å². The summed E-state index contributed by atoms with van der Waals surface area (Å²) in [5.41, 5.74) is 8.70. The van der Waals surface area contributed by atoms with E-state index in [0.717, 1.165) is 39.4 Å². The van der Waals surface area contributed by atoms with E-state index >= 15 is 0 Å². The van der Waals surface area contributed by atoms with Gasteiger partial charge in [-0.15, -0.1) is 11.3 Å². The molecule has 51 heavy (non-hydrogen) atoms. The second-order valence-electron chi connectivity index (χ2n) is 13.0. The molecule has 11 rings (SSSR count). The second-order valence-corrected chi connectivity index (χ2v) is 14.1. The minimum absolute atomic E-state index is 0.701. The number of hydrogen-bond acceptors (Lipinski definition) is 3. The molecular formula is C46H28N4S. The summed E-state index contributed by atoms with van der Waals surface area (Å²) in [5, 5.41) is 7.47. The molecule has 0 saturated heterocycles. The van der Waals surface area contributed by atoms with Crippen LogP contribution in [-0.2, 0) is 0 Å². The number of para-hydroxylation sites is 3. The lowest BCUT2D eigenvalue weighted by molar-refractivity contribution is 1.05. The molecule has 0 amide bonds. The maximum absolute atomic E-state index is 5.31. The van der Waals surface area contributed by atoms with Gasteiger partial charge < -0.3 is 4.57 Å². The van der Waals surface area contributed by atoms with Crippen molar-refractivity contribution < 1.29 is 0 Å². The Kier molecular flexibility index (Phi) is 6.09. The molecule has 0 saturated carbocycles.